The third-order valence-electron chi connectivity index (χ3n) is 5.91. The van der Waals surface area contributed by atoms with Gasteiger partial charge in [0.1, 0.15) is 6.10 Å². The lowest BCUT2D eigenvalue weighted by atomic mass is 9.93. The van der Waals surface area contributed by atoms with Gasteiger partial charge in [0.15, 0.2) is 0 Å². The van der Waals surface area contributed by atoms with E-state index in [-0.39, 0.29) is 24.8 Å². The van der Waals surface area contributed by atoms with Crippen LogP contribution in [0.2, 0.25) is 10.0 Å². The molecule has 0 saturated carbocycles. The average Bonchev–Trinajstić information content (AvgIpc) is 3.31. The van der Waals surface area contributed by atoms with Crippen molar-refractivity contribution < 1.29 is 4.74 Å². The molecule has 0 aliphatic heterocycles. The zero-order chi connectivity index (χ0) is 24.4. The molecule has 188 valence electrons. The van der Waals surface area contributed by atoms with Gasteiger partial charge in [-0.15, -0.1) is 24.8 Å². The second kappa shape index (κ2) is 12.4. The van der Waals surface area contributed by atoms with E-state index in [1.54, 1.807) is 30.9 Å². The standard InChI is InChI=1S/C28H20Cl2N4O.2ClH/c1-34-17-32-15-26(34)28(35-16-18-7-10-24(29)25(30)12-18)20-8-9-21(14-31)23(13-20)22-6-2-4-19-5-3-11-33-27(19)22;;/h2-13,15,17,28H,16H2,1H3;2*1H. The highest BCUT2D eigenvalue weighted by Crippen LogP contribution is 2.35. The molecular weight excluding hydrogens is 550 g/mol. The summed E-state index contributed by atoms with van der Waals surface area (Å²) in [6.07, 6.45) is 4.87. The topological polar surface area (TPSA) is 63.7 Å². The molecule has 0 saturated heterocycles. The van der Waals surface area contributed by atoms with Crippen molar-refractivity contribution in [2.24, 2.45) is 7.05 Å². The van der Waals surface area contributed by atoms with Gasteiger partial charge in [-0.05, 0) is 41.5 Å². The first kappa shape index (κ1) is 28.5. The van der Waals surface area contributed by atoms with E-state index in [0.717, 1.165) is 38.9 Å². The molecule has 0 aliphatic carbocycles. The Morgan fingerprint density at radius 3 is 2.51 bits per heavy atom. The van der Waals surface area contributed by atoms with Gasteiger partial charge < -0.3 is 9.30 Å². The molecule has 2 aromatic heterocycles. The number of aromatic nitrogens is 3. The highest BCUT2D eigenvalue weighted by Gasteiger charge is 2.21. The van der Waals surface area contributed by atoms with E-state index in [0.29, 0.717) is 22.2 Å². The molecule has 0 fully saturated rings. The lowest BCUT2D eigenvalue weighted by Gasteiger charge is -2.21. The van der Waals surface area contributed by atoms with Crippen molar-refractivity contribution >= 4 is 58.9 Å². The lowest BCUT2D eigenvalue weighted by Crippen LogP contribution is -2.11. The predicted octanol–water partition coefficient (Wildman–Crippen LogP) is 7.96. The Labute approximate surface area is 237 Å². The Bertz CT molecular complexity index is 1570. The van der Waals surface area contributed by atoms with Crippen molar-refractivity contribution in [3.8, 4) is 17.2 Å². The number of rotatable bonds is 6. The molecular formula is C28H22Cl4N4O. The normalized spacial score (nSPS) is 11.3. The van der Waals surface area contributed by atoms with E-state index in [1.807, 2.05) is 66.2 Å². The van der Waals surface area contributed by atoms with Crippen molar-refractivity contribution in [1.29, 1.82) is 5.26 Å². The number of benzene rings is 3. The molecule has 0 bridgehead atoms. The fraction of sp³-hybridized carbons (Fsp3) is 0.107. The molecule has 3 aromatic carbocycles. The van der Waals surface area contributed by atoms with E-state index in [1.165, 1.54) is 0 Å². The second-order valence-electron chi connectivity index (χ2n) is 8.17. The Morgan fingerprint density at radius 1 is 0.973 bits per heavy atom. The van der Waals surface area contributed by atoms with Crippen LogP contribution in [0.5, 0.6) is 0 Å². The van der Waals surface area contributed by atoms with Gasteiger partial charge in [0.2, 0.25) is 0 Å². The molecule has 0 radical (unpaired) electrons. The Morgan fingerprint density at radius 2 is 1.78 bits per heavy atom. The van der Waals surface area contributed by atoms with Crippen LogP contribution < -0.4 is 0 Å². The molecule has 0 aliphatic rings. The zero-order valence-electron chi connectivity index (χ0n) is 19.6. The lowest BCUT2D eigenvalue weighted by molar-refractivity contribution is 0.0622. The van der Waals surface area contributed by atoms with Gasteiger partial charge in [-0.1, -0.05) is 59.6 Å². The molecule has 9 heteroatoms. The van der Waals surface area contributed by atoms with Gasteiger partial charge in [0, 0.05) is 29.8 Å². The summed E-state index contributed by atoms with van der Waals surface area (Å²) in [5, 5.41) is 11.9. The van der Waals surface area contributed by atoms with Gasteiger partial charge >= 0.3 is 0 Å². The molecule has 2 heterocycles. The molecule has 1 unspecified atom stereocenters. The van der Waals surface area contributed by atoms with Crippen LogP contribution in [-0.2, 0) is 18.4 Å². The van der Waals surface area contributed by atoms with Gasteiger partial charge in [-0.2, -0.15) is 5.26 Å². The van der Waals surface area contributed by atoms with Crippen molar-refractivity contribution in [3.05, 3.63) is 118 Å². The fourth-order valence-corrected chi connectivity index (χ4v) is 4.47. The number of pyridine rings is 1. The largest absolute Gasteiger partial charge is 0.363 e. The Balaban J connectivity index is 0.00000190. The number of aryl methyl sites for hydroxylation is 1. The second-order valence-corrected chi connectivity index (χ2v) is 8.98. The van der Waals surface area contributed by atoms with Crippen LogP contribution in [-0.4, -0.2) is 14.5 Å². The van der Waals surface area contributed by atoms with Crippen LogP contribution in [0.25, 0.3) is 22.0 Å². The van der Waals surface area contributed by atoms with Gasteiger partial charge in [-0.25, -0.2) is 4.98 Å². The van der Waals surface area contributed by atoms with Gasteiger partial charge in [0.25, 0.3) is 0 Å². The third kappa shape index (κ3) is 5.91. The molecule has 37 heavy (non-hydrogen) atoms. The van der Waals surface area contributed by atoms with Gasteiger partial charge in [0.05, 0.1) is 52.0 Å². The summed E-state index contributed by atoms with van der Waals surface area (Å²) in [5.74, 6) is 0. The van der Waals surface area contributed by atoms with Crippen LogP contribution in [0.1, 0.15) is 28.5 Å². The van der Waals surface area contributed by atoms with E-state index < -0.39 is 6.10 Å². The summed E-state index contributed by atoms with van der Waals surface area (Å²) in [5.41, 5.74) is 5.80. The van der Waals surface area contributed by atoms with Crippen LogP contribution in [0.15, 0.2) is 85.5 Å². The minimum absolute atomic E-state index is 0. The maximum absolute atomic E-state index is 9.87. The van der Waals surface area contributed by atoms with Crippen LogP contribution in [0.3, 0.4) is 0 Å². The number of ether oxygens (including phenoxy) is 1. The van der Waals surface area contributed by atoms with Crippen molar-refractivity contribution in [2.75, 3.05) is 0 Å². The molecule has 0 N–H and O–H groups in total. The number of imidazole rings is 1. The summed E-state index contributed by atoms with van der Waals surface area (Å²) in [7, 11) is 1.93. The molecule has 5 rings (SSSR count). The van der Waals surface area contributed by atoms with Crippen molar-refractivity contribution in [1.82, 2.24) is 14.5 Å². The monoisotopic (exact) mass is 570 g/mol. The molecule has 0 spiro atoms. The maximum Gasteiger partial charge on any atom is 0.124 e. The fourth-order valence-electron chi connectivity index (χ4n) is 4.15. The summed E-state index contributed by atoms with van der Waals surface area (Å²) in [6.45, 7) is 0.317. The predicted molar refractivity (Wildman–Crippen MR) is 153 cm³/mol. The summed E-state index contributed by atoms with van der Waals surface area (Å²) < 4.78 is 8.35. The van der Waals surface area contributed by atoms with Crippen LogP contribution in [0, 0.1) is 11.3 Å². The van der Waals surface area contributed by atoms with Crippen molar-refractivity contribution in [3.63, 3.8) is 0 Å². The molecule has 1 atom stereocenters. The Kier molecular flexibility index (Phi) is 9.56. The number of hydrogen-bond acceptors (Lipinski definition) is 4. The van der Waals surface area contributed by atoms with E-state index in [4.69, 9.17) is 27.9 Å². The highest BCUT2D eigenvalue weighted by atomic mass is 35.5. The number of para-hydroxylation sites is 1. The minimum Gasteiger partial charge on any atom is -0.363 e. The summed E-state index contributed by atoms with van der Waals surface area (Å²) in [6, 6.07) is 23.4. The quantitative estimate of drug-likeness (QED) is 0.207. The smallest absolute Gasteiger partial charge is 0.124 e. The number of nitrogens with zero attached hydrogens (tertiary/aromatic N) is 4. The number of nitriles is 1. The number of hydrogen-bond donors (Lipinski definition) is 0. The first-order chi connectivity index (χ1) is 17.0. The first-order valence-corrected chi connectivity index (χ1v) is 11.7. The summed E-state index contributed by atoms with van der Waals surface area (Å²) >= 11 is 12.3. The summed E-state index contributed by atoms with van der Waals surface area (Å²) in [4.78, 5) is 8.87. The third-order valence-corrected chi connectivity index (χ3v) is 6.65. The van der Waals surface area contributed by atoms with Crippen LogP contribution >= 0.6 is 48.0 Å². The number of halogens is 4. The van der Waals surface area contributed by atoms with E-state index >= 15 is 0 Å². The highest BCUT2D eigenvalue weighted by molar-refractivity contribution is 6.42. The SMILES string of the molecule is Cl.Cl.Cn1cncc1C(OCc1ccc(Cl)c(Cl)c1)c1ccc(C#N)c(-c2cccc3cccnc23)c1. The van der Waals surface area contributed by atoms with E-state index in [2.05, 4.69) is 16.0 Å². The Hall–Kier alpha value is -3.11. The minimum atomic E-state index is -0.425. The molecule has 5 aromatic rings. The molecule has 0 amide bonds. The molecule has 5 nitrogen and oxygen atoms in total. The first-order valence-electron chi connectivity index (χ1n) is 10.9. The van der Waals surface area contributed by atoms with Crippen LogP contribution in [0.4, 0.5) is 0 Å². The number of fused-ring (bicyclic) bond motifs is 1. The average molecular weight is 572 g/mol. The van der Waals surface area contributed by atoms with Crippen molar-refractivity contribution in [2.45, 2.75) is 12.7 Å². The zero-order valence-corrected chi connectivity index (χ0v) is 22.8. The van der Waals surface area contributed by atoms with E-state index in [9.17, 15) is 5.26 Å². The van der Waals surface area contributed by atoms with Gasteiger partial charge in [-0.3, -0.25) is 4.98 Å². The maximum atomic E-state index is 9.87.